The summed E-state index contributed by atoms with van der Waals surface area (Å²) in [6.07, 6.45) is 4.96. The molecular weight excluding hydrogens is 448 g/mol. The number of hydrogen-bond donors (Lipinski definition) is 2. The van der Waals surface area contributed by atoms with Gasteiger partial charge in [0, 0.05) is 36.1 Å². The predicted octanol–water partition coefficient (Wildman–Crippen LogP) is 5.07. The fourth-order valence-corrected chi connectivity index (χ4v) is 4.75. The van der Waals surface area contributed by atoms with Crippen LogP contribution in [-0.2, 0) is 9.53 Å². The van der Waals surface area contributed by atoms with Crippen LogP contribution >= 0.6 is 11.3 Å². The lowest BCUT2D eigenvalue weighted by molar-refractivity contribution is -0.116. The van der Waals surface area contributed by atoms with E-state index in [9.17, 15) is 4.79 Å². The van der Waals surface area contributed by atoms with Crippen LogP contribution in [-0.4, -0.2) is 47.2 Å². The summed E-state index contributed by atoms with van der Waals surface area (Å²) in [5.41, 5.74) is 4.50. The number of carbonyl (C=O) groups excluding carboxylic acids is 1. The highest BCUT2D eigenvalue weighted by Gasteiger charge is 2.13. The third kappa shape index (κ3) is 5.00. The Kier molecular flexibility index (Phi) is 6.64. The first kappa shape index (κ1) is 22.2. The summed E-state index contributed by atoms with van der Waals surface area (Å²) < 4.78 is 6.41. The second-order valence-corrected chi connectivity index (χ2v) is 8.98. The molecule has 0 radical (unpaired) electrons. The first-order valence-corrected chi connectivity index (χ1v) is 12.3. The number of nitrogens with zero attached hydrogens (tertiary/aromatic N) is 4. The molecule has 3 aromatic heterocycles. The number of benzene rings is 1. The van der Waals surface area contributed by atoms with Crippen molar-refractivity contribution in [3.05, 3.63) is 54.2 Å². The fourth-order valence-electron chi connectivity index (χ4n) is 3.88. The maximum Gasteiger partial charge on any atom is 0.227 e. The molecule has 1 amide bonds. The number of fused-ring (bicyclic) bond motifs is 1. The largest absolute Gasteiger partial charge is 0.378 e. The summed E-state index contributed by atoms with van der Waals surface area (Å²) in [6.45, 7) is 5.15. The number of amides is 1. The van der Waals surface area contributed by atoms with E-state index in [1.54, 1.807) is 17.5 Å². The lowest BCUT2D eigenvalue weighted by atomic mass is 10.1. The maximum absolute atomic E-state index is 12.0. The molecule has 1 aliphatic heterocycles. The molecule has 1 aromatic carbocycles. The second-order valence-electron chi connectivity index (χ2n) is 8.06. The zero-order valence-corrected chi connectivity index (χ0v) is 19.8. The quantitative estimate of drug-likeness (QED) is 0.386. The average molecular weight is 475 g/mol. The van der Waals surface area contributed by atoms with Crippen molar-refractivity contribution in [2.24, 2.45) is 0 Å². The zero-order valence-electron chi connectivity index (χ0n) is 19.0. The van der Waals surface area contributed by atoms with Crippen LogP contribution in [0.3, 0.4) is 0 Å². The molecule has 2 N–H and O–H groups in total. The summed E-state index contributed by atoms with van der Waals surface area (Å²) in [7, 11) is 0. The second kappa shape index (κ2) is 10.1. The monoisotopic (exact) mass is 474 g/mol. The molecule has 1 fully saturated rings. The number of anilines is 4. The highest BCUT2D eigenvalue weighted by molar-refractivity contribution is 7.17. The Morgan fingerprint density at radius 3 is 2.79 bits per heavy atom. The molecule has 0 bridgehead atoms. The Labute approximate surface area is 202 Å². The van der Waals surface area contributed by atoms with Gasteiger partial charge in [-0.3, -0.25) is 4.79 Å². The molecular formula is C25H26N6O2S. The number of carbonyl (C=O) groups is 1. The van der Waals surface area contributed by atoms with Crippen LogP contribution in [0.5, 0.6) is 0 Å². The number of pyridine rings is 1. The summed E-state index contributed by atoms with van der Waals surface area (Å²) >= 11 is 1.60. The number of morpholine rings is 1. The van der Waals surface area contributed by atoms with Crippen LogP contribution in [0, 0.1) is 0 Å². The molecule has 4 aromatic rings. The predicted molar refractivity (Wildman–Crippen MR) is 137 cm³/mol. The number of aromatic nitrogens is 3. The van der Waals surface area contributed by atoms with Gasteiger partial charge in [0.15, 0.2) is 0 Å². The number of thiophene rings is 1. The molecule has 1 saturated heterocycles. The molecule has 9 heteroatoms. The van der Waals surface area contributed by atoms with Gasteiger partial charge in [-0.1, -0.05) is 19.1 Å². The van der Waals surface area contributed by atoms with E-state index in [1.165, 1.54) is 0 Å². The van der Waals surface area contributed by atoms with Crippen LogP contribution in [0.15, 0.2) is 54.2 Å². The molecule has 0 unspecified atom stereocenters. The summed E-state index contributed by atoms with van der Waals surface area (Å²) in [5, 5.41) is 8.31. The molecule has 4 heterocycles. The van der Waals surface area contributed by atoms with Crippen molar-refractivity contribution in [1.29, 1.82) is 0 Å². The molecule has 1 aliphatic rings. The average Bonchev–Trinajstić information content (AvgIpc) is 3.29. The molecule has 0 spiro atoms. The molecule has 34 heavy (non-hydrogen) atoms. The minimum absolute atomic E-state index is 0.0249. The zero-order chi connectivity index (χ0) is 23.3. The van der Waals surface area contributed by atoms with Gasteiger partial charge in [-0.2, -0.15) is 0 Å². The molecule has 0 aliphatic carbocycles. The minimum atomic E-state index is 0.0249. The van der Waals surface area contributed by atoms with E-state index in [4.69, 9.17) is 9.72 Å². The Balaban J connectivity index is 1.36. The van der Waals surface area contributed by atoms with E-state index in [0.717, 1.165) is 71.3 Å². The van der Waals surface area contributed by atoms with E-state index in [-0.39, 0.29) is 5.91 Å². The van der Waals surface area contributed by atoms with Crippen molar-refractivity contribution in [2.75, 3.05) is 41.8 Å². The lowest BCUT2D eigenvalue weighted by Gasteiger charge is -2.27. The number of ether oxygens (including phenoxy) is 1. The van der Waals surface area contributed by atoms with Crippen molar-refractivity contribution >= 4 is 50.6 Å². The minimum Gasteiger partial charge on any atom is -0.378 e. The summed E-state index contributed by atoms with van der Waals surface area (Å²) in [5.74, 6) is 1.48. The Morgan fingerprint density at radius 2 is 2.00 bits per heavy atom. The first-order valence-electron chi connectivity index (χ1n) is 11.4. The normalized spacial score (nSPS) is 13.7. The lowest BCUT2D eigenvalue weighted by Crippen LogP contribution is -2.36. The van der Waals surface area contributed by atoms with Gasteiger partial charge in [0.2, 0.25) is 11.9 Å². The van der Waals surface area contributed by atoms with Crippen molar-refractivity contribution in [3.8, 4) is 11.1 Å². The van der Waals surface area contributed by atoms with E-state index in [2.05, 4.69) is 30.9 Å². The molecule has 5 rings (SSSR count). The third-order valence-electron chi connectivity index (χ3n) is 5.59. The van der Waals surface area contributed by atoms with Gasteiger partial charge < -0.3 is 20.3 Å². The Morgan fingerprint density at radius 1 is 1.12 bits per heavy atom. The van der Waals surface area contributed by atoms with E-state index < -0.39 is 0 Å². The van der Waals surface area contributed by atoms with Crippen LogP contribution in [0.4, 0.5) is 23.1 Å². The molecule has 8 nitrogen and oxygen atoms in total. The van der Waals surface area contributed by atoms with Crippen LogP contribution in [0.25, 0.3) is 21.3 Å². The van der Waals surface area contributed by atoms with Gasteiger partial charge in [0.1, 0.15) is 5.82 Å². The van der Waals surface area contributed by atoms with Gasteiger partial charge >= 0.3 is 0 Å². The Hall–Kier alpha value is -3.56. The van der Waals surface area contributed by atoms with Crippen LogP contribution in [0.1, 0.15) is 19.8 Å². The fraction of sp³-hybridized carbons (Fsp3) is 0.280. The van der Waals surface area contributed by atoms with Gasteiger partial charge in [-0.05, 0) is 36.2 Å². The van der Waals surface area contributed by atoms with Crippen LogP contribution < -0.4 is 15.5 Å². The number of hydrogen-bond acceptors (Lipinski definition) is 8. The van der Waals surface area contributed by atoms with Crippen LogP contribution in [0.2, 0.25) is 0 Å². The van der Waals surface area contributed by atoms with Crippen molar-refractivity contribution in [3.63, 3.8) is 0 Å². The van der Waals surface area contributed by atoms with Gasteiger partial charge in [0.05, 0.1) is 41.5 Å². The third-order valence-corrected chi connectivity index (χ3v) is 6.49. The molecule has 174 valence electrons. The van der Waals surface area contributed by atoms with Crippen molar-refractivity contribution < 1.29 is 9.53 Å². The van der Waals surface area contributed by atoms with Gasteiger partial charge in [-0.25, -0.2) is 15.0 Å². The first-order chi connectivity index (χ1) is 16.7. The van der Waals surface area contributed by atoms with Crippen molar-refractivity contribution in [1.82, 2.24) is 15.0 Å². The number of rotatable bonds is 7. The topological polar surface area (TPSA) is 92.3 Å². The standard InChI is InChI=1S/C25H26N6O2S/c1-2-4-23(32)28-18-6-3-5-17(13-18)20-16-34-21-15-27-25(30-24(20)21)29-19-7-8-22(26-14-19)31-9-11-33-12-10-31/h3,5-8,13-16H,2,4,9-12H2,1H3,(H,28,32)(H,27,29,30). The summed E-state index contributed by atoms with van der Waals surface area (Å²) in [4.78, 5) is 28.1. The van der Waals surface area contributed by atoms with E-state index in [1.807, 2.05) is 49.5 Å². The van der Waals surface area contributed by atoms with Gasteiger partial charge in [-0.15, -0.1) is 11.3 Å². The van der Waals surface area contributed by atoms with Gasteiger partial charge in [0.25, 0.3) is 0 Å². The Bertz CT molecular complexity index is 1280. The molecule has 0 atom stereocenters. The van der Waals surface area contributed by atoms with Crippen molar-refractivity contribution in [2.45, 2.75) is 19.8 Å². The van der Waals surface area contributed by atoms with E-state index >= 15 is 0 Å². The smallest absolute Gasteiger partial charge is 0.227 e. The maximum atomic E-state index is 12.0. The highest BCUT2D eigenvalue weighted by atomic mass is 32.1. The van der Waals surface area contributed by atoms with E-state index in [0.29, 0.717) is 12.4 Å². The molecule has 0 saturated carbocycles. The number of nitrogens with one attached hydrogen (secondary N) is 2. The SMILES string of the molecule is CCCC(=O)Nc1cccc(-c2csc3cnc(Nc4ccc(N5CCOCC5)nc4)nc23)c1. The summed E-state index contributed by atoms with van der Waals surface area (Å²) in [6, 6.07) is 11.9. The highest BCUT2D eigenvalue weighted by Crippen LogP contribution is 2.34.